The molecule has 1 heterocycles. The van der Waals surface area contributed by atoms with Gasteiger partial charge >= 0.3 is 5.97 Å². The number of hydrogen-bond donors (Lipinski definition) is 2. The van der Waals surface area contributed by atoms with Crippen molar-refractivity contribution in [3.05, 3.63) is 108 Å². The first-order valence-corrected chi connectivity index (χ1v) is 10.6. The van der Waals surface area contributed by atoms with Crippen LogP contribution in [-0.4, -0.2) is 40.3 Å². The van der Waals surface area contributed by atoms with Gasteiger partial charge in [-0.1, -0.05) is 84.9 Å². The number of carboxylic acids is 1. The molecule has 31 heavy (non-hydrogen) atoms. The molecule has 2 N–H and O–H groups in total. The van der Waals surface area contributed by atoms with Crippen LogP contribution in [0.1, 0.15) is 23.1 Å². The third-order valence-electron chi connectivity index (χ3n) is 7.02. The van der Waals surface area contributed by atoms with Crippen molar-refractivity contribution >= 4 is 5.97 Å². The lowest BCUT2D eigenvalue weighted by molar-refractivity contribution is -0.182. The normalized spacial score (nSPS) is 23.5. The second kappa shape index (κ2) is 7.19. The zero-order chi connectivity index (χ0) is 21.6. The minimum Gasteiger partial charge on any atom is -0.480 e. The number of aliphatic hydroxyl groups is 1. The fraction of sp³-hybridized carbons (Fsp3) is 0.222. The number of aliphatic hydroxyl groups excluding tert-OH is 1. The predicted octanol–water partition coefficient (Wildman–Crippen LogP) is 4.28. The van der Waals surface area contributed by atoms with Gasteiger partial charge in [-0.3, -0.25) is 9.69 Å². The minimum atomic E-state index is -0.917. The molecular weight excluding hydrogens is 386 g/mol. The highest BCUT2D eigenvalue weighted by molar-refractivity contribution is 5.85. The lowest BCUT2D eigenvalue weighted by Gasteiger charge is -2.61. The van der Waals surface area contributed by atoms with E-state index in [0.717, 1.165) is 27.8 Å². The fourth-order valence-electron chi connectivity index (χ4n) is 5.78. The number of aliphatic carboxylic acids is 1. The van der Waals surface area contributed by atoms with Crippen LogP contribution in [0.5, 0.6) is 0 Å². The Morgan fingerprint density at radius 1 is 0.968 bits per heavy atom. The molecule has 4 nitrogen and oxygen atoms in total. The summed E-state index contributed by atoms with van der Waals surface area (Å²) < 4.78 is 0. The van der Waals surface area contributed by atoms with Crippen LogP contribution in [0.15, 0.2) is 91.5 Å². The van der Waals surface area contributed by atoms with E-state index in [1.54, 1.807) is 6.08 Å². The standard InChI is InChI=1S/C27H25NO3/c1-2-16-26(18-29)17-28(24(26)25(30)31)27(19-10-4-3-5-11-19)22-14-8-6-12-20(22)21-13-7-9-15-23(21)27/h2-15,24,29H,1,16-18H2,(H,30,31)/t24-,26-/m1/s1. The van der Waals surface area contributed by atoms with Crippen molar-refractivity contribution in [2.24, 2.45) is 5.41 Å². The molecule has 0 amide bonds. The number of allylic oxidation sites excluding steroid dienone is 1. The molecular formula is C27H25NO3. The first-order chi connectivity index (χ1) is 15.1. The molecule has 2 atom stereocenters. The molecule has 1 fully saturated rings. The van der Waals surface area contributed by atoms with E-state index >= 15 is 0 Å². The van der Waals surface area contributed by atoms with Crippen LogP contribution in [0.3, 0.4) is 0 Å². The number of hydrogen-bond acceptors (Lipinski definition) is 3. The van der Waals surface area contributed by atoms with Crippen LogP contribution in [0.25, 0.3) is 11.1 Å². The van der Waals surface area contributed by atoms with Gasteiger partial charge in [0.1, 0.15) is 6.04 Å². The quantitative estimate of drug-likeness (QED) is 0.595. The van der Waals surface area contributed by atoms with Gasteiger partial charge in [0, 0.05) is 12.0 Å². The summed E-state index contributed by atoms with van der Waals surface area (Å²) in [7, 11) is 0. The van der Waals surface area contributed by atoms with E-state index in [9.17, 15) is 15.0 Å². The molecule has 0 unspecified atom stereocenters. The largest absolute Gasteiger partial charge is 0.480 e. The zero-order valence-electron chi connectivity index (χ0n) is 17.2. The maximum atomic E-state index is 12.6. The van der Waals surface area contributed by atoms with Gasteiger partial charge in [-0.25, -0.2) is 0 Å². The Kier molecular flexibility index (Phi) is 4.58. The summed E-state index contributed by atoms with van der Waals surface area (Å²) in [5.41, 5.74) is 3.95. The predicted molar refractivity (Wildman–Crippen MR) is 121 cm³/mol. The highest BCUT2D eigenvalue weighted by Gasteiger charge is 2.64. The summed E-state index contributed by atoms with van der Waals surface area (Å²) in [6.45, 7) is 4.09. The first-order valence-electron chi connectivity index (χ1n) is 10.6. The number of carboxylic acid groups (broad SMARTS) is 1. The summed E-state index contributed by atoms with van der Waals surface area (Å²) in [5, 5.41) is 20.6. The lowest BCUT2D eigenvalue weighted by atomic mass is 9.64. The van der Waals surface area contributed by atoms with Crippen LogP contribution in [0.4, 0.5) is 0 Å². The Morgan fingerprint density at radius 3 is 2.03 bits per heavy atom. The van der Waals surface area contributed by atoms with Gasteiger partial charge in [0.05, 0.1) is 12.1 Å². The monoisotopic (exact) mass is 411 g/mol. The maximum Gasteiger partial charge on any atom is 0.321 e. The van der Waals surface area contributed by atoms with Gasteiger partial charge in [0.25, 0.3) is 0 Å². The van der Waals surface area contributed by atoms with Crippen LogP contribution in [0, 0.1) is 5.41 Å². The van der Waals surface area contributed by atoms with Crippen molar-refractivity contribution in [3.63, 3.8) is 0 Å². The lowest BCUT2D eigenvalue weighted by Crippen LogP contribution is -2.74. The van der Waals surface area contributed by atoms with Gasteiger partial charge in [-0.15, -0.1) is 6.58 Å². The number of nitrogens with zero attached hydrogens (tertiary/aromatic N) is 1. The molecule has 4 heteroatoms. The second-order valence-corrected chi connectivity index (χ2v) is 8.55. The number of fused-ring (bicyclic) bond motifs is 3. The van der Waals surface area contributed by atoms with Crippen LogP contribution < -0.4 is 0 Å². The fourth-order valence-corrected chi connectivity index (χ4v) is 5.78. The molecule has 1 aliphatic heterocycles. The topological polar surface area (TPSA) is 60.8 Å². The number of rotatable bonds is 6. The molecule has 1 aliphatic carbocycles. The van der Waals surface area contributed by atoms with E-state index < -0.39 is 23.0 Å². The molecule has 0 bridgehead atoms. The molecule has 2 aliphatic rings. The second-order valence-electron chi connectivity index (χ2n) is 8.55. The molecule has 0 saturated carbocycles. The van der Waals surface area contributed by atoms with E-state index in [-0.39, 0.29) is 6.61 Å². The number of carbonyl (C=O) groups is 1. The van der Waals surface area contributed by atoms with Crippen molar-refractivity contribution in [1.82, 2.24) is 4.90 Å². The maximum absolute atomic E-state index is 12.6. The van der Waals surface area contributed by atoms with Crippen molar-refractivity contribution < 1.29 is 15.0 Å². The zero-order valence-corrected chi connectivity index (χ0v) is 17.2. The highest BCUT2D eigenvalue weighted by Crippen LogP contribution is 2.59. The number of benzene rings is 3. The van der Waals surface area contributed by atoms with Gasteiger partial charge in [0.15, 0.2) is 0 Å². The molecule has 0 spiro atoms. The smallest absolute Gasteiger partial charge is 0.321 e. The Bertz CT molecular complexity index is 1110. The van der Waals surface area contributed by atoms with E-state index in [4.69, 9.17) is 0 Å². The van der Waals surface area contributed by atoms with Gasteiger partial charge in [-0.05, 0) is 34.2 Å². The average molecular weight is 412 g/mol. The van der Waals surface area contributed by atoms with Gasteiger partial charge in [0.2, 0.25) is 0 Å². The summed E-state index contributed by atoms with van der Waals surface area (Å²) in [5.74, 6) is -0.917. The molecule has 0 aromatic heterocycles. The molecule has 1 saturated heterocycles. The Hall–Kier alpha value is -3.21. The summed E-state index contributed by atoms with van der Waals surface area (Å²) in [6, 6.07) is 25.8. The van der Waals surface area contributed by atoms with E-state index in [0.29, 0.717) is 13.0 Å². The Morgan fingerprint density at radius 2 is 1.52 bits per heavy atom. The van der Waals surface area contributed by atoms with Crippen LogP contribution in [-0.2, 0) is 10.3 Å². The van der Waals surface area contributed by atoms with Crippen molar-refractivity contribution in [1.29, 1.82) is 0 Å². The Labute approximate surface area is 182 Å². The van der Waals surface area contributed by atoms with Crippen LogP contribution >= 0.6 is 0 Å². The first kappa shape index (κ1) is 19.7. The van der Waals surface area contributed by atoms with Crippen molar-refractivity contribution in [2.75, 3.05) is 13.2 Å². The van der Waals surface area contributed by atoms with Gasteiger partial charge in [-0.2, -0.15) is 0 Å². The highest BCUT2D eigenvalue weighted by atomic mass is 16.4. The summed E-state index contributed by atoms with van der Waals surface area (Å²) in [4.78, 5) is 14.7. The third kappa shape index (κ3) is 2.52. The summed E-state index contributed by atoms with van der Waals surface area (Å²) >= 11 is 0. The molecule has 156 valence electrons. The van der Waals surface area contributed by atoms with E-state index in [1.165, 1.54) is 0 Å². The van der Waals surface area contributed by atoms with Crippen molar-refractivity contribution in [3.8, 4) is 11.1 Å². The molecule has 5 rings (SSSR count). The third-order valence-corrected chi connectivity index (χ3v) is 7.02. The SMILES string of the molecule is C=CC[C@]1(CO)CN(C2(c3ccccc3)c3ccccc3-c3ccccc32)[C@@H]1C(=O)O. The Balaban J connectivity index is 1.82. The van der Waals surface area contributed by atoms with E-state index in [1.807, 2.05) is 42.5 Å². The van der Waals surface area contributed by atoms with E-state index in [2.05, 4.69) is 47.9 Å². The molecule has 0 radical (unpaired) electrons. The molecule has 3 aromatic carbocycles. The minimum absolute atomic E-state index is 0.194. The average Bonchev–Trinajstić information content (AvgIpc) is 3.08. The number of likely N-dealkylation sites (tertiary alicyclic amines) is 1. The van der Waals surface area contributed by atoms with Crippen LogP contribution in [0.2, 0.25) is 0 Å². The molecule has 3 aromatic rings. The van der Waals surface area contributed by atoms with Crippen molar-refractivity contribution in [2.45, 2.75) is 18.0 Å². The summed E-state index contributed by atoms with van der Waals surface area (Å²) in [6.07, 6.45) is 2.17. The van der Waals surface area contributed by atoms with Gasteiger partial charge < -0.3 is 10.2 Å².